The molecule has 1 atom stereocenters. The van der Waals surface area contributed by atoms with Crippen LogP contribution in [0.15, 0.2) is 30.3 Å². The Morgan fingerprint density at radius 2 is 1.66 bits per heavy atom. The van der Waals surface area contributed by atoms with E-state index < -0.39 is 0 Å². The van der Waals surface area contributed by atoms with E-state index in [4.69, 9.17) is 22.2 Å². The molecule has 8 heteroatoms. The number of hydrogen-bond acceptors (Lipinski definition) is 5. The predicted molar refractivity (Wildman–Crippen MR) is 159 cm³/mol. The first-order valence-electron chi connectivity index (χ1n) is 14.6. The summed E-state index contributed by atoms with van der Waals surface area (Å²) in [6, 6.07) is 9.67. The molecule has 206 valence electrons. The number of hydrogen-bond donors (Lipinski definition) is 2. The number of nitrogens with one attached hydrogen (secondary N) is 2. The van der Waals surface area contributed by atoms with E-state index in [9.17, 15) is 4.39 Å². The van der Waals surface area contributed by atoms with Gasteiger partial charge in [0.15, 0.2) is 5.11 Å². The van der Waals surface area contributed by atoms with Gasteiger partial charge in [-0.2, -0.15) is 9.97 Å². The van der Waals surface area contributed by atoms with E-state index in [1.165, 1.54) is 56.9 Å². The highest BCUT2D eigenvalue weighted by Crippen LogP contribution is 2.39. The lowest BCUT2D eigenvalue weighted by molar-refractivity contribution is 0.292. The number of halogens is 1. The Labute approximate surface area is 232 Å². The van der Waals surface area contributed by atoms with Gasteiger partial charge in [0.05, 0.1) is 0 Å². The van der Waals surface area contributed by atoms with E-state index in [-0.39, 0.29) is 11.2 Å². The van der Waals surface area contributed by atoms with Crippen LogP contribution < -0.4 is 20.4 Å². The number of nitrogens with zero attached hydrogens (tertiary/aromatic N) is 4. The van der Waals surface area contributed by atoms with E-state index in [2.05, 4.69) is 40.3 Å². The molecule has 6 nitrogen and oxygen atoms in total. The van der Waals surface area contributed by atoms with E-state index in [0.717, 1.165) is 50.0 Å². The van der Waals surface area contributed by atoms with Gasteiger partial charge in [-0.05, 0) is 87.7 Å². The summed E-state index contributed by atoms with van der Waals surface area (Å²) in [4.78, 5) is 14.7. The molecule has 0 spiro atoms. The lowest BCUT2D eigenvalue weighted by Gasteiger charge is -2.38. The first-order valence-corrected chi connectivity index (χ1v) is 15.0. The first kappa shape index (κ1) is 27.1. The molecule has 5 rings (SSSR count). The van der Waals surface area contributed by atoms with E-state index in [0.29, 0.717) is 23.6 Å². The van der Waals surface area contributed by atoms with Gasteiger partial charge in [0.25, 0.3) is 0 Å². The summed E-state index contributed by atoms with van der Waals surface area (Å²) in [7, 11) is 0. The van der Waals surface area contributed by atoms with Crippen molar-refractivity contribution in [2.45, 2.75) is 89.5 Å². The van der Waals surface area contributed by atoms with Crippen LogP contribution in [0.4, 0.5) is 22.0 Å². The maximum Gasteiger partial charge on any atom is 0.232 e. The standard InChI is InChI=1S/C30H43FN6S/c1-22-13-18-36(19-14-22)26-20-27(37-17-7-4-8-23(37)2)34-28(33-26)35-29(38)32-21-30(15-5-3-6-16-30)24-9-11-25(31)12-10-24/h9-12,20,22-23H,3-8,13-19,21H2,1-2H3,(H2,32,33,34,35,38)/t23-/m1/s1. The van der Waals surface area contributed by atoms with Gasteiger partial charge in [-0.3, -0.25) is 0 Å². The molecule has 1 aliphatic carbocycles. The topological polar surface area (TPSA) is 56.3 Å². The molecule has 2 aromatic rings. The fourth-order valence-corrected chi connectivity index (χ4v) is 6.62. The molecule has 1 saturated carbocycles. The molecule has 0 amide bonds. The van der Waals surface area contributed by atoms with Crippen LogP contribution in [0.2, 0.25) is 0 Å². The van der Waals surface area contributed by atoms with Gasteiger partial charge in [-0.1, -0.05) is 38.3 Å². The average Bonchev–Trinajstić information content (AvgIpc) is 2.93. The summed E-state index contributed by atoms with van der Waals surface area (Å²) < 4.78 is 13.6. The van der Waals surface area contributed by atoms with E-state index in [1.807, 2.05) is 12.1 Å². The third-order valence-electron chi connectivity index (χ3n) is 8.98. The normalized spacial score (nSPS) is 22.2. The van der Waals surface area contributed by atoms with Crippen LogP contribution in [0, 0.1) is 11.7 Å². The molecule has 38 heavy (non-hydrogen) atoms. The van der Waals surface area contributed by atoms with Gasteiger partial charge in [0.1, 0.15) is 17.5 Å². The monoisotopic (exact) mass is 538 g/mol. The third kappa shape index (κ3) is 6.38. The van der Waals surface area contributed by atoms with Crippen LogP contribution in [0.25, 0.3) is 0 Å². The number of rotatable bonds is 6. The maximum atomic E-state index is 13.6. The summed E-state index contributed by atoms with van der Waals surface area (Å²) in [6.45, 7) is 8.41. The van der Waals surface area contributed by atoms with Crippen LogP contribution in [0.3, 0.4) is 0 Å². The molecule has 3 fully saturated rings. The largest absolute Gasteiger partial charge is 0.361 e. The molecule has 2 N–H and O–H groups in total. The molecule has 2 aliphatic heterocycles. The predicted octanol–water partition coefficient (Wildman–Crippen LogP) is 6.42. The first-order chi connectivity index (χ1) is 18.4. The minimum Gasteiger partial charge on any atom is -0.361 e. The minimum atomic E-state index is -0.191. The number of anilines is 3. The van der Waals surface area contributed by atoms with Crippen LogP contribution >= 0.6 is 12.2 Å². The molecule has 3 aliphatic rings. The SMILES string of the molecule is CC1CCN(c2cc(N3CCCC[C@H]3C)nc(NC(=S)NCC3(c4ccc(F)cc4)CCCCC3)n2)CC1. The summed E-state index contributed by atoms with van der Waals surface area (Å²) in [5.74, 6) is 3.10. The van der Waals surface area contributed by atoms with Crippen molar-refractivity contribution in [3.05, 3.63) is 41.7 Å². The highest BCUT2D eigenvalue weighted by molar-refractivity contribution is 7.80. The van der Waals surface area contributed by atoms with Gasteiger partial charge < -0.3 is 20.4 Å². The highest BCUT2D eigenvalue weighted by atomic mass is 32.1. The average molecular weight is 539 g/mol. The lowest BCUT2D eigenvalue weighted by atomic mass is 9.69. The van der Waals surface area contributed by atoms with Gasteiger partial charge in [0, 0.05) is 43.7 Å². The smallest absolute Gasteiger partial charge is 0.232 e. The van der Waals surface area contributed by atoms with Crippen molar-refractivity contribution >= 4 is 34.9 Å². The lowest BCUT2D eigenvalue weighted by Crippen LogP contribution is -2.44. The van der Waals surface area contributed by atoms with Crippen LogP contribution in [-0.4, -0.2) is 47.3 Å². The number of aromatic nitrogens is 2. The van der Waals surface area contributed by atoms with Crippen molar-refractivity contribution in [2.24, 2.45) is 5.92 Å². The summed E-state index contributed by atoms with van der Waals surface area (Å²) in [5.41, 5.74) is 1.15. The second-order valence-electron chi connectivity index (χ2n) is 11.8. The molecular formula is C30H43FN6S. The quantitative estimate of drug-likeness (QED) is 0.412. The van der Waals surface area contributed by atoms with Gasteiger partial charge in [0.2, 0.25) is 5.95 Å². The Balaban J connectivity index is 1.33. The van der Waals surface area contributed by atoms with E-state index in [1.54, 1.807) is 12.1 Å². The van der Waals surface area contributed by atoms with Crippen molar-refractivity contribution in [1.29, 1.82) is 0 Å². The van der Waals surface area contributed by atoms with Gasteiger partial charge in [-0.25, -0.2) is 4.39 Å². The summed E-state index contributed by atoms with van der Waals surface area (Å²) in [5, 5.41) is 7.35. The number of benzene rings is 1. The van der Waals surface area contributed by atoms with Gasteiger partial charge >= 0.3 is 0 Å². The zero-order valence-corrected chi connectivity index (χ0v) is 23.8. The third-order valence-corrected chi connectivity index (χ3v) is 9.23. The molecular weight excluding hydrogens is 495 g/mol. The molecule has 2 saturated heterocycles. The minimum absolute atomic E-state index is 0.0424. The molecule has 1 aromatic heterocycles. The summed E-state index contributed by atoms with van der Waals surface area (Å²) in [6.07, 6.45) is 11.8. The Morgan fingerprint density at radius 1 is 0.947 bits per heavy atom. The van der Waals surface area contributed by atoms with Crippen molar-refractivity contribution in [3.8, 4) is 0 Å². The molecule has 3 heterocycles. The number of piperidine rings is 2. The van der Waals surface area contributed by atoms with Crippen molar-refractivity contribution in [3.63, 3.8) is 0 Å². The van der Waals surface area contributed by atoms with Crippen LogP contribution in [-0.2, 0) is 5.41 Å². The Kier molecular flexibility index (Phi) is 8.66. The highest BCUT2D eigenvalue weighted by Gasteiger charge is 2.34. The fourth-order valence-electron chi connectivity index (χ4n) is 6.46. The second-order valence-corrected chi connectivity index (χ2v) is 12.2. The Bertz CT molecular complexity index is 1080. The molecule has 0 unspecified atom stereocenters. The van der Waals surface area contributed by atoms with Crippen molar-refractivity contribution in [1.82, 2.24) is 15.3 Å². The fraction of sp³-hybridized carbons (Fsp3) is 0.633. The van der Waals surface area contributed by atoms with E-state index >= 15 is 0 Å². The number of thiocarbonyl (C=S) groups is 1. The zero-order valence-electron chi connectivity index (χ0n) is 23.0. The Morgan fingerprint density at radius 3 is 2.37 bits per heavy atom. The zero-order chi connectivity index (χ0) is 26.5. The summed E-state index contributed by atoms with van der Waals surface area (Å²) >= 11 is 5.77. The van der Waals surface area contributed by atoms with Crippen molar-refractivity contribution in [2.75, 3.05) is 41.3 Å². The molecule has 0 bridgehead atoms. The molecule has 1 aromatic carbocycles. The second kappa shape index (κ2) is 12.1. The van der Waals surface area contributed by atoms with Gasteiger partial charge in [-0.15, -0.1) is 0 Å². The van der Waals surface area contributed by atoms with Crippen LogP contribution in [0.5, 0.6) is 0 Å². The maximum absolute atomic E-state index is 13.6. The van der Waals surface area contributed by atoms with Crippen LogP contribution in [0.1, 0.15) is 83.6 Å². The molecule has 0 radical (unpaired) electrons. The van der Waals surface area contributed by atoms with Crippen molar-refractivity contribution < 1.29 is 4.39 Å². The Hall–Kier alpha value is -2.48.